The van der Waals surface area contributed by atoms with Crippen LogP contribution in [0.3, 0.4) is 0 Å². The molecular formula is C37H26N2O8S2. The van der Waals surface area contributed by atoms with Gasteiger partial charge in [-0.25, -0.2) is 0 Å². The Kier molecular flexibility index (Phi) is 18.6. The molecule has 49 heavy (non-hydrogen) atoms. The van der Waals surface area contributed by atoms with Gasteiger partial charge in [-0.05, 0) is 94.7 Å². The molecule has 12 heteroatoms. The van der Waals surface area contributed by atoms with Crippen LogP contribution < -0.4 is 0 Å². The second kappa shape index (κ2) is 23.3. The van der Waals surface area contributed by atoms with Crippen molar-refractivity contribution >= 4 is 57.2 Å². The van der Waals surface area contributed by atoms with Crippen LogP contribution in [0.1, 0.15) is 32.6 Å². The van der Waals surface area contributed by atoms with Crippen LogP contribution in [0.5, 0.6) is 0 Å². The fourth-order valence-corrected chi connectivity index (χ4v) is 5.64. The van der Waals surface area contributed by atoms with E-state index in [1.54, 1.807) is 6.92 Å². The van der Waals surface area contributed by atoms with E-state index >= 15 is 0 Å². The van der Waals surface area contributed by atoms with E-state index in [1.807, 2.05) is 0 Å². The third-order valence-corrected chi connectivity index (χ3v) is 8.33. The minimum Gasteiger partial charge on any atom is -0.464 e. The quantitative estimate of drug-likeness (QED) is 0.0895. The van der Waals surface area contributed by atoms with Crippen molar-refractivity contribution in [1.82, 2.24) is 9.80 Å². The first-order valence-corrected chi connectivity index (χ1v) is 16.9. The lowest BCUT2D eigenvalue weighted by atomic mass is 10.1. The molecule has 10 nitrogen and oxygen atoms in total. The number of rotatable bonds is 13. The predicted molar refractivity (Wildman–Crippen MR) is 182 cm³/mol. The topological polar surface area (TPSA) is 127 Å². The highest BCUT2D eigenvalue weighted by Crippen LogP contribution is 2.23. The van der Waals surface area contributed by atoms with Gasteiger partial charge in [-0.1, -0.05) is 34.4 Å². The maximum atomic E-state index is 12.5. The average Bonchev–Trinajstić information content (AvgIpc) is 3.48. The van der Waals surface area contributed by atoms with Crippen LogP contribution in [0.2, 0.25) is 0 Å². The van der Waals surface area contributed by atoms with E-state index in [0.29, 0.717) is 11.5 Å². The molecule has 2 fully saturated rings. The Morgan fingerprint density at radius 3 is 1.49 bits per heavy atom. The van der Waals surface area contributed by atoms with Crippen LogP contribution in [0.4, 0.5) is 0 Å². The highest BCUT2D eigenvalue weighted by atomic mass is 33.1. The van der Waals surface area contributed by atoms with E-state index in [2.05, 4.69) is 101 Å². The number of carbonyl (C=O) groups excluding carboxylic acids is 6. The van der Waals surface area contributed by atoms with Gasteiger partial charge in [0.05, 0.1) is 25.9 Å². The number of amides is 4. The van der Waals surface area contributed by atoms with Crippen molar-refractivity contribution in [1.29, 1.82) is 0 Å². The highest BCUT2D eigenvalue weighted by Gasteiger charge is 2.37. The zero-order chi connectivity index (χ0) is 35.7. The van der Waals surface area contributed by atoms with Gasteiger partial charge in [0, 0.05) is 30.3 Å². The van der Waals surface area contributed by atoms with Crippen LogP contribution >= 0.6 is 21.6 Å². The molecule has 244 valence electrons. The van der Waals surface area contributed by atoms with Gasteiger partial charge >= 0.3 is 11.9 Å². The third kappa shape index (κ3) is 15.9. The lowest BCUT2D eigenvalue weighted by Gasteiger charge is -2.14. The molecule has 2 heterocycles. The van der Waals surface area contributed by atoms with Crippen molar-refractivity contribution in [3.63, 3.8) is 0 Å². The largest absolute Gasteiger partial charge is 0.464 e. The molecule has 2 rings (SSSR count). The summed E-state index contributed by atoms with van der Waals surface area (Å²) in [5, 5.41) is 0. The normalized spacial score (nSPS) is 15.0. The van der Waals surface area contributed by atoms with Crippen molar-refractivity contribution in [2.45, 2.75) is 32.6 Å². The van der Waals surface area contributed by atoms with Crippen LogP contribution in [-0.4, -0.2) is 83.2 Å². The summed E-state index contributed by atoms with van der Waals surface area (Å²) in [7, 11) is 2.76. The molecule has 0 radical (unpaired) electrons. The summed E-state index contributed by atoms with van der Waals surface area (Å²) in [6.07, 6.45) is 5.26. The Labute approximate surface area is 293 Å². The zero-order valence-electron chi connectivity index (χ0n) is 26.3. The van der Waals surface area contributed by atoms with Gasteiger partial charge in [0.25, 0.3) is 0 Å². The molecule has 0 aliphatic carbocycles. The van der Waals surface area contributed by atoms with Crippen LogP contribution in [-0.2, 0) is 38.2 Å². The first-order valence-electron chi connectivity index (χ1n) is 14.4. The molecule has 0 aromatic heterocycles. The standard InChI is InChI=1S/C37H26N2O8S2/c1-3-4-5-6-7-8-9-10-11-12-13-14-15-16-17-18-19-31-29-33(41)39(37(31)45)23-25-47-35(43)21-27-49-48-26-20-34(42)46-24-22-38-32(40)28-30(2)36(38)44/h1,30-31H,20-29H2,2H3. The molecule has 4 amide bonds. The number of nitrogens with zero attached hydrogens (tertiary/aromatic N) is 2. The Bertz CT molecular complexity index is 1900. The molecule has 2 aliphatic rings. The van der Waals surface area contributed by atoms with Gasteiger partial charge in [-0.3, -0.25) is 38.6 Å². The van der Waals surface area contributed by atoms with E-state index < -0.39 is 29.7 Å². The maximum absolute atomic E-state index is 12.5. The van der Waals surface area contributed by atoms with Crippen molar-refractivity contribution in [2.24, 2.45) is 11.8 Å². The van der Waals surface area contributed by atoms with E-state index in [4.69, 9.17) is 15.9 Å². The second-order valence-electron chi connectivity index (χ2n) is 9.38. The molecule has 2 saturated heterocycles. The molecule has 0 saturated carbocycles. The summed E-state index contributed by atoms with van der Waals surface area (Å²) in [5.41, 5.74) is 0. The number of likely N-dealkylation sites (tertiary alicyclic amines) is 2. The van der Waals surface area contributed by atoms with Gasteiger partial charge in [-0.15, -0.1) is 6.42 Å². The predicted octanol–water partition coefficient (Wildman–Crippen LogP) is 0.665. The number of hydrogen-bond donors (Lipinski definition) is 0. The number of hydrogen-bond acceptors (Lipinski definition) is 10. The van der Waals surface area contributed by atoms with Gasteiger partial charge in [0.15, 0.2) is 0 Å². The molecule has 0 spiro atoms. The fourth-order valence-electron chi connectivity index (χ4n) is 3.69. The Morgan fingerprint density at radius 1 is 0.653 bits per heavy atom. The smallest absolute Gasteiger partial charge is 0.306 e. The van der Waals surface area contributed by atoms with E-state index in [0.717, 1.165) is 9.80 Å². The summed E-state index contributed by atoms with van der Waals surface area (Å²) in [6, 6.07) is 0. The maximum Gasteiger partial charge on any atom is 0.306 e. The van der Waals surface area contributed by atoms with Gasteiger partial charge in [0.1, 0.15) is 19.1 Å². The lowest BCUT2D eigenvalue weighted by Crippen LogP contribution is -2.34. The molecule has 0 bridgehead atoms. The SMILES string of the molecule is C#CC#CC#CC#CC#CC#CC#CC#CC#CC1CC(=O)N(CCOC(=O)CCSSCCC(=O)OCCN2C(=O)CC(C)C2=O)C1=O. The van der Waals surface area contributed by atoms with E-state index in [1.165, 1.54) is 21.6 Å². The second-order valence-corrected chi connectivity index (χ2v) is 12.1. The van der Waals surface area contributed by atoms with Gasteiger partial charge in [0.2, 0.25) is 23.6 Å². The fraction of sp³-hybridized carbons (Fsp3) is 0.351. The van der Waals surface area contributed by atoms with E-state index in [9.17, 15) is 28.8 Å². The molecule has 2 aliphatic heterocycles. The van der Waals surface area contributed by atoms with Crippen LogP contribution in [0, 0.1) is 119 Å². The van der Waals surface area contributed by atoms with Crippen molar-refractivity contribution in [3.8, 4) is 107 Å². The van der Waals surface area contributed by atoms with Crippen molar-refractivity contribution < 1.29 is 38.2 Å². The van der Waals surface area contributed by atoms with Gasteiger partial charge < -0.3 is 9.47 Å². The molecule has 0 aromatic carbocycles. The summed E-state index contributed by atoms with van der Waals surface area (Å²) in [6.45, 7) is 1.47. The molecular weight excluding hydrogens is 665 g/mol. The van der Waals surface area contributed by atoms with Crippen molar-refractivity contribution in [2.75, 3.05) is 37.8 Å². The van der Waals surface area contributed by atoms with Gasteiger partial charge in [-0.2, -0.15) is 0 Å². The number of esters is 2. The Hall–Kier alpha value is -6.04. The van der Waals surface area contributed by atoms with Crippen LogP contribution in [0.15, 0.2) is 0 Å². The number of ether oxygens (including phenoxy) is 2. The molecule has 2 unspecified atom stereocenters. The van der Waals surface area contributed by atoms with Crippen LogP contribution in [0.25, 0.3) is 0 Å². The minimum atomic E-state index is -0.844. The van der Waals surface area contributed by atoms with E-state index in [-0.39, 0.29) is 69.7 Å². The molecule has 0 N–H and O–H groups in total. The number of carbonyl (C=O) groups is 6. The first-order chi connectivity index (χ1) is 23.7. The minimum absolute atomic E-state index is 0.0448. The monoisotopic (exact) mass is 690 g/mol. The lowest BCUT2D eigenvalue weighted by molar-refractivity contribution is -0.148. The Balaban J connectivity index is 1.57. The third-order valence-electron chi connectivity index (χ3n) is 5.93. The number of imide groups is 2. The summed E-state index contributed by atoms with van der Waals surface area (Å²) >= 11 is 0. The summed E-state index contributed by atoms with van der Waals surface area (Å²) in [4.78, 5) is 74.3. The highest BCUT2D eigenvalue weighted by molar-refractivity contribution is 8.76. The Morgan fingerprint density at radius 2 is 1.06 bits per heavy atom. The summed E-state index contributed by atoms with van der Waals surface area (Å²) in [5.74, 6) is 38.8. The average molecular weight is 691 g/mol. The molecule has 2 atom stereocenters. The molecule has 0 aromatic rings. The first kappa shape index (κ1) is 39.1. The van der Waals surface area contributed by atoms with Crippen molar-refractivity contribution in [3.05, 3.63) is 0 Å². The number of terminal acetylenes is 1. The summed E-state index contributed by atoms with van der Waals surface area (Å²) < 4.78 is 10.2. The zero-order valence-corrected chi connectivity index (χ0v) is 27.9.